The van der Waals surface area contributed by atoms with E-state index in [9.17, 15) is 0 Å². The third kappa shape index (κ3) is 3.26. The fourth-order valence-electron chi connectivity index (χ4n) is 8.15. The summed E-state index contributed by atoms with van der Waals surface area (Å²) in [6.07, 6.45) is 0. The van der Waals surface area contributed by atoms with E-state index < -0.39 is 0 Å². The smallest absolute Gasteiger partial charge is 0.143 e. The van der Waals surface area contributed by atoms with Crippen LogP contribution in [-0.4, -0.2) is 4.98 Å². The highest BCUT2D eigenvalue weighted by Crippen LogP contribution is 2.44. The van der Waals surface area contributed by atoms with Gasteiger partial charge in [0.1, 0.15) is 11.2 Å². The third-order valence-electron chi connectivity index (χ3n) is 10.4. The van der Waals surface area contributed by atoms with Gasteiger partial charge in [0.2, 0.25) is 0 Å². The number of hydrogen-bond donors (Lipinski definition) is 1. The summed E-state index contributed by atoms with van der Waals surface area (Å²) in [5.74, 6) is 0. The van der Waals surface area contributed by atoms with Gasteiger partial charge in [0, 0.05) is 89.0 Å². The predicted molar refractivity (Wildman–Crippen MR) is 209 cm³/mol. The highest BCUT2D eigenvalue weighted by atomic mass is 32.1. The Labute approximate surface area is 281 Å². The van der Waals surface area contributed by atoms with E-state index in [0.717, 1.165) is 33.0 Å². The Morgan fingerprint density at radius 2 is 0.875 bits per heavy atom. The lowest BCUT2D eigenvalue weighted by atomic mass is 10.00. The number of nitrogens with one attached hydrogen (secondary N) is 1. The van der Waals surface area contributed by atoms with Crippen molar-refractivity contribution in [2.24, 2.45) is 0 Å². The zero-order valence-corrected chi connectivity index (χ0v) is 27.1. The molecule has 0 aliphatic heterocycles. The Morgan fingerprint density at radius 1 is 0.396 bits per heavy atom. The lowest BCUT2D eigenvalue weighted by molar-refractivity contribution is 0.673. The summed E-state index contributed by atoms with van der Waals surface area (Å²) < 4.78 is 12.0. The summed E-state index contributed by atoms with van der Waals surface area (Å²) in [6.45, 7) is 0. The van der Waals surface area contributed by atoms with E-state index in [4.69, 9.17) is 4.42 Å². The van der Waals surface area contributed by atoms with Gasteiger partial charge < -0.3 is 9.40 Å². The van der Waals surface area contributed by atoms with Gasteiger partial charge in [0.25, 0.3) is 0 Å². The highest BCUT2D eigenvalue weighted by Gasteiger charge is 2.17. The second-order valence-electron chi connectivity index (χ2n) is 12.9. The van der Waals surface area contributed by atoms with E-state index in [2.05, 4.69) is 138 Å². The van der Waals surface area contributed by atoms with Gasteiger partial charge in [-0.3, -0.25) is 0 Å². The number of aromatic nitrogens is 1. The Morgan fingerprint density at radius 3 is 1.56 bits per heavy atom. The fourth-order valence-corrected chi connectivity index (χ4v) is 10.6. The van der Waals surface area contributed by atoms with Crippen molar-refractivity contribution in [3.05, 3.63) is 133 Å². The van der Waals surface area contributed by atoms with E-state index in [-0.39, 0.29) is 0 Å². The van der Waals surface area contributed by atoms with Crippen molar-refractivity contribution in [2.75, 3.05) is 0 Å². The van der Waals surface area contributed by atoms with Crippen LogP contribution in [0, 0.1) is 0 Å². The molecule has 0 radical (unpaired) electrons. The molecule has 0 bridgehead atoms. The molecule has 222 valence electrons. The van der Waals surface area contributed by atoms with Gasteiger partial charge in [0.05, 0.1) is 5.52 Å². The molecule has 0 saturated heterocycles. The number of benzene rings is 8. The number of rotatable bonds is 1. The number of furan rings is 1. The second kappa shape index (κ2) is 9.02. The molecule has 0 atom stereocenters. The highest BCUT2D eigenvalue weighted by molar-refractivity contribution is 7.27. The summed E-state index contributed by atoms with van der Waals surface area (Å²) in [5, 5.41) is 15.1. The molecule has 12 aromatic rings. The maximum atomic E-state index is 6.69. The zero-order chi connectivity index (χ0) is 31.1. The third-order valence-corrected chi connectivity index (χ3v) is 12.9. The molecule has 0 saturated carbocycles. The molecule has 1 N–H and O–H groups in total. The molecule has 4 heteroatoms. The maximum absolute atomic E-state index is 6.69. The minimum Gasteiger partial charge on any atom is -0.455 e. The summed E-state index contributed by atoms with van der Waals surface area (Å²) in [5.41, 5.74) is 6.55. The Bertz CT molecular complexity index is 3130. The van der Waals surface area contributed by atoms with Crippen LogP contribution >= 0.6 is 22.7 Å². The van der Waals surface area contributed by atoms with Crippen molar-refractivity contribution in [3.8, 4) is 11.1 Å². The van der Waals surface area contributed by atoms with Crippen molar-refractivity contribution in [3.63, 3.8) is 0 Å². The number of aromatic amines is 1. The minimum absolute atomic E-state index is 0.918. The van der Waals surface area contributed by atoms with E-state index in [1.807, 2.05) is 22.7 Å². The Kier molecular flexibility index (Phi) is 4.77. The van der Waals surface area contributed by atoms with E-state index in [1.165, 1.54) is 83.7 Å². The summed E-state index contributed by atoms with van der Waals surface area (Å²) in [6, 6.07) is 49.1. The van der Waals surface area contributed by atoms with Gasteiger partial charge in [-0.15, -0.1) is 22.7 Å². The van der Waals surface area contributed by atoms with Gasteiger partial charge in [-0.25, -0.2) is 0 Å². The van der Waals surface area contributed by atoms with Crippen LogP contribution in [-0.2, 0) is 0 Å². The molecule has 48 heavy (non-hydrogen) atoms. The van der Waals surface area contributed by atoms with Gasteiger partial charge in [-0.1, -0.05) is 91.0 Å². The monoisotopic (exact) mass is 645 g/mol. The molecule has 12 rings (SSSR count). The van der Waals surface area contributed by atoms with Crippen molar-refractivity contribution in [1.29, 1.82) is 0 Å². The molecule has 2 nitrogen and oxygen atoms in total. The molecular weight excluding hydrogens is 623 g/mol. The van der Waals surface area contributed by atoms with Crippen LogP contribution in [0.2, 0.25) is 0 Å². The molecular formula is C44H23NOS2. The summed E-state index contributed by atoms with van der Waals surface area (Å²) >= 11 is 3.75. The van der Waals surface area contributed by atoms with Crippen molar-refractivity contribution in [1.82, 2.24) is 4.98 Å². The number of H-pyrrole nitrogens is 1. The second-order valence-corrected chi connectivity index (χ2v) is 15.0. The average Bonchev–Trinajstić information content (AvgIpc) is 3.90. The van der Waals surface area contributed by atoms with E-state index in [1.54, 1.807) is 0 Å². The normalized spacial score (nSPS) is 12.6. The van der Waals surface area contributed by atoms with E-state index in [0.29, 0.717) is 0 Å². The van der Waals surface area contributed by atoms with Gasteiger partial charge in [-0.05, 0) is 53.6 Å². The van der Waals surface area contributed by atoms with Crippen LogP contribution in [0.25, 0.3) is 117 Å². The average molecular weight is 646 g/mol. The molecule has 0 fully saturated rings. The topological polar surface area (TPSA) is 28.9 Å². The van der Waals surface area contributed by atoms with Gasteiger partial charge in [0.15, 0.2) is 0 Å². The molecule has 0 spiro atoms. The van der Waals surface area contributed by atoms with Crippen LogP contribution in [0.1, 0.15) is 0 Å². The van der Waals surface area contributed by atoms with Crippen molar-refractivity contribution >= 4 is 128 Å². The van der Waals surface area contributed by atoms with Crippen LogP contribution in [0.5, 0.6) is 0 Å². The number of hydrogen-bond acceptors (Lipinski definition) is 3. The van der Waals surface area contributed by atoms with E-state index >= 15 is 0 Å². The number of fused-ring (bicyclic) bond motifs is 18. The minimum atomic E-state index is 0.918. The Hall–Kier alpha value is -5.68. The van der Waals surface area contributed by atoms with Crippen LogP contribution in [0.4, 0.5) is 0 Å². The largest absolute Gasteiger partial charge is 0.455 e. The first kappa shape index (κ1) is 25.4. The number of thiophene rings is 2. The Balaban J connectivity index is 1.01. The van der Waals surface area contributed by atoms with Crippen LogP contribution < -0.4 is 0 Å². The molecule has 4 aromatic heterocycles. The molecule has 0 amide bonds. The lowest BCUT2D eigenvalue weighted by Crippen LogP contribution is -1.78. The van der Waals surface area contributed by atoms with Crippen molar-refractivity contribution in [2.45, 2.75) is 0 Å². The molecule has 0 aliphatic carbocycles. The molecule has 0 aliphatic rings. The standard InChI is InChI=1S/C44H23NOS2/c1-3-7-39-27(5-1)33-17-14-30-35(43(33)47-39)18-13-29-25-11-9-23(21-37(25)45-41(29)30)24-10-12-26-31-15-20-36-32(42(31)46-38(26)22-24)16-19-34-28-6-2-4-8-40(28)48-44(34)36/h1-22,45H. The maximum Gasteiger partial charge on any atom is 0.143 e. The van der Waals surface area contributed by atoms with Gasteiger partial charge in [-0.2, -0.15) is 0 Å². The van der Waals surface area contributed by atoms with Crippen LogP contribution in [0.15, 0.2) is 138 Å². The lowest BCUT2D eigenvalue weighted by Gasteiger charge is -2.03. The van der Waals surface area contributed by atoms with Crippen LogP contribution in [0.3, 0.4) is 0 Å². The fraction of sp³-hybridized carbons (Fsp3) is 0. The van der Waals surface area contributed by atoms with Crippen molar-refractivity contribution < 1.29 is 4.42 Å². The first-order valence-electron chi connectivity index (χ1n) is 16.2. The SMILES string of the molecule is c1ccc2c(c1)sc1c2ccc2c1ccc1c3ccc(-c4ccc5c(c4)oc4c5ccc5c4ccc4c6ccccc6sc45)cc3[nH]c12. The molecule has 4 heterocycles. The van der Waals surface area contributed by atoms with Gasteiger partial charge >= 0.3 is 0 Å². The first-order valence-corrected chi connectivity index (χ1v) is 17.9. The molecule has 0 unspecified atom stereocenters. The zero-order valence-electron chi connectivity index (χ0n) is 25.4. The quantitative estimate of drug-likeness (QED) is 0.189. The summed E-state index contributed by atoms with van der Waals surface area (Å²) in [4.78, 5) is 3.81. The summed E-state index contributed by atoms with van der Waals surface area (Å²) in [7, 11) is 0. The predicted octanol–water partition coefficient (Wildman–Crippen LogP) is 13.9. The first-order chi connectivity index (χ1) is 23.8. The molecule has 8 aromatic carbocycles.